The molecule has 0 spiro atoms. The first-order chi connectivity index (χ1) is 9.61. The van der Waals surface area contributed by atoms with Crippen LogP contribution < -0.4 is 0 Å². The summed E-state index contributed by atoms with van der Waals surface area (Å²) in [6.07, 6.45) is 8.12. The van der Waals surface area contributed by atoms with Crippen molar-refractivity contribution >= 4 is 11.9 Å². The number of hydrogen-bond donors (Lipinski definition) is 0. The molecule has 4 heteroatoms. The minimum Gasteiger partial charge on any atom is -0.466 e. The molecule has 0 heterocycles. The van der Waals surface area contributed by atoms with Crippen LogP contribution >= 0.6 is 0 Å². The molecule has 0 bridgehead atoms. The highest BCUT2D eigenvalue weighted by molar-refractivity contribution is 5.97. The van der Waals surface area contributed by atoms with Crippen molar-refractivity contribution in [3.8, 4) is 0 Å². The highest BCUT2D eigenvalue weighted by Gasteiger charge is 2.82. The Morgan fingerprint density at radius 3 is 2.40 bits per heavy atom. The Kier molecular flexibility index (Phi) is 3.00. The van der Waals surface area contributed by atoms with Gasteiger partial charge in [0.15, 0.2) is 0 Å². The highest BCUT2D eigenvalue weighted by atomic mass is 16.5. The fourth-order valence-electron chi connectivity index (χ4n) is 4.93. The molecule has 3 fully saturated rings. The Hall–Kier alpha value is -1.58. The summed E-state index contributed by atoms with van der Waals surface area (Å²) in [6, 6.07) is 0. The lowest BCUT2D eigenvalue weighted by Gasteiger charge is -2.43. The lowest BCUT2D eigenvalue weighted by atomic mass is 9.60. The Morgan fingerprint density at radius 2 is 1.85 bits per heavy atom. The molecule has 0 aromatic rings. The first kappa shape index (κ1) is 13.4. The first-order valence-electron chi connectivity index (χ1n) is 7.13. The molecule has 20 heavy (non-hydrogen) atoms. The summed E-state index contributed by atoms with van der Waals surface area (Å²) in [6.45, 7) is 2.04. The Balaban J connectivity index is 1.88. The number of fused-ring (bicyclic) bond motifs is 1. The molecule has 5 atom stereocenters. The van der Waals surface area contributed by atoms with E-state index < -0.39 is 11.9 Å². The maximum Gasteiger partial charge on any atom is 0.334 e. The zero-order valence-corrected chi connectivity index (χ0v) is 12.1. The molecule has 4 nitrogen and oxygen atoms in total. The zero-order chi connectivity index (χ0) is 14.5. The Morgan fingerprint density at radius 1 is 1.15 bits per heavy atom. The lowest BCUT2D eigenvalue weighted by Crippen LogP contribution is -2.40. The van der Waals surface area contributed by atoms with Crippen LogP contribution in [-0.2, 0) is 19.1 Å². The van der Waals surface area contributed by atoms with Crippen LogP contribution in [0.2, 0.25) is 0 Å². The van der Waals surface area contributed by atoms with Crippen LogP contribution in [0.15, 0.2) is 23.8 Å². The second-order valence-electron chi connectivity index (χ2n) is 5.96. The third-order valence-corrected chi connectivity index (χ3v) is 5.51. The Bertz CT molecular complexity index is 519. The molecule has 0 aromatic carbocycles. The maximum absolute atomic E-state index is 12.0. The van der Waals surface area contributed by atoms with Gasteiger partial charge in [-0.1, -0.05) is 12.2 Å². The smallest absolute Gasteiger partial charge is 0.334 e. The predicted octanol–water partition coefficient (Wildman–Crippen LogP) is 2.11. The molecule has 3 aliphatic rings. The third kappa shape index (κ3) is 1.48. The number of esters is 2. The molecule has 3 rings (SSSR count). The van der Waals surface area contributed by atoms with Crippen molar-refractivity contribution in [2.45, 2.75) is 19.8 Å². The molecule has 0 radical (unpaired) electrons. The van der Waals surface area contributed by atoms with Gasteiger partial charge in [-0.05, 0) is 48.9 Å². The van der Waals surface area contributed by atoms with E-state index in [0.717, 1.165) is 6.42 Å². The number of ether oxygens (including phenoxy) is 2. The van der Waals surface area contributed by atoms with E-state index in [0.29, 0.717) is 28.7 Å². The topological polar surface area (TPSA) is 52.6 Å². The lowest BCUT2D eigenvalue weighted by molar-refractivity contribution is -0.140. The van der Waals surface area contributed by atoms with Gasteiger partial charge in [0, 0.05) is 11.6 Å². The molecule has 108 valence electrons. The van der Waals surface area contributed by atoms with E-state index >= 15 is 0 Å². The van der Waals surface area contributed by atoms with Crippen LogP contribution in [0.25, 0.3) is 0 Å². The van der Waals surface area contributed by atoms with Crippen molar-refractivity contribution in [1.29, 1.82) is 0 Å². The molecule has 0 aliphatic heterocycles. The monoisotopic (exact) mass is 276 g/mol. The number of allylic oxidation sites excluding steroid dienone is 2. The number of methoxy groups -OCH3 is 2. The van der Waals surface area contributed by atoms with Crippen molar-refractivity contribution in [2.24, 2.45) is 29.1 Å². The van der Waals surface area contributed by atoms with Gasteiger partial charge in [0.1, 0.15) is 0 Å². The van der Waals surface area contributed by atoms with E-state index in [2.05, 4.69) is 16.9 Å². The summed E-state index contributed by atoms with van der Waals surface area (Å²) < 4.78 is 9.51. The molecule has 3 saturated carbocycles. The van der Waals surface area contributed by atoms with Crippen LogP contribution in [0.3, 0.4) is 0 Å². The summed E-state index contributed by atoms with van der Waals surface area (Å²) in [5.41, 5.74) is 0.805. The first-order valence-corrected chi connectivity index (χ1v) is 7.13. The quantitative estimate of drug-likeness (QED) is 0.448. The number of hydrogen-bond acceptors (Lipinski definition) is 4. The van der Waals surface area contributed by atoms with Gasteiger partial charge in [-0.3, -0.25) is 0 Å². The maximum atomic E-state index is 12.0. The van der Waals surface area contributed by atoms with Crippen LogP contribution in [0, 0.1) is 29.1 Å². The van der Waals surface area contributed by atoms with E-state index in [1.165, 1.54) is 26.7 Å². The molecule has 3 aliphatic carbocycles. The van der Waals surface area contributed by atoms with Gasteiger partial charge >= 0.3 is 11.9 Å². The summed E-state index contributed by atoms with van der Waals surface area (Å²) >= 11 is 0. The van der Waals surface area contributed by atoms with Gasteiger partial charge in [0.25, 0.3) is 0 Å². The van der Waals surface area contributed by atoms with E-state index in [1.807, 2.05) is 6.92 Å². The van der Waals surface area contributed by atoms with Crippen molar-refractivity contribution in [3.63, 3.8) is 0 Å². The van der Waals surface area contributed by atoms with Gasteiger partial charge in [-0.2, -0.15) is 0 Å². The SMILES string of the molecule is C/C=C/[C@]12[C@H]3[C@H](/C(=C/C(=O)OC)C(=O)OC)[C@@H]1CC[C@H]32. The van der Waals surface area contributed by atoms with Gasteiger partial charge in [-0.25, -0.2) is 9.59 Å². The number of rotatable bonds is 4. The summed E-state index contributed by atoms with van der Waals surface area (Å²) in [7, 11) is 2.68. The molecule has 0 unspecified atom stereocenters. The Labute approximate surface area is 118 Å². The third-order valence-electron chi connectivity index (χ3n) is 5.51. The summed E-state index contributed by atoms with van der Waals surface area (Å²) in [5.74, 6) is 0.949. The van der Waals surface area contributed by atoms with Gasteiger partial charge in [-0.15, -0.1) is 0 Å². The van der Waals surface area contributed by atoms with E-state index in [4.69, 9.17) is 4.74 Å². The largest absolute Gasteiger partial charge is 0.466 e. The van der Waals surface area contributed by atoms with E-state index in [1.54, 1.807) is 0 Å². The number of carbonyl (C=O) groups excluding carboxylic acids is 2. The second kappa shape index (κ2) is 4.47. The predicted molar refractivity (Wildman–Crippen MR) is 72.6 cm³/mol. The van der Waals surface area contributed by atoms with Crippen LogP contribution in [0.5, 0.6) is 0 Å². The van der Waals surface area contributed by atoms with Crippen LogP contribution in [0.1, 0.15) is 19.8 Å². The average molecular weight is 276 g/mol. The fourth-order valence-corrected chi connectivity index (χ4v) is 4.93. The van der Waals surface area contributed by atoms with Crippen LogP contribution in [0.4, 0.5) is 0 Å². The fraction of sp³-hybridized carbons (Fsp3) is 0.625. The second-order valence-corrected chi connectivity index (χ2v) is 5.96. The standard InChI is InChI=1S/C16H20O4/c1-4-7-16-10-5-6-11(16)14(16)13(10)9(15(18)20-3)8-12(17)19-2/h4,7-8,10-11,13-14H,5-6H2,1-3H3/b7-4+,9-8-/t10-,11+,13+,14+,16-/m0/s1. The molecular formula is C16H20O4. The molecule has 0 N–H and O–H groups in total. The molecular weight excluding hydrogens is 256 g/mol. The van der Waals surface area contributed by atoms with Crippen molar-refractivity contribution in [2.75, 3.05) is 14.2 Å². The molecule has 0 saturated heterocycles. The average Bonchev–Trinajstić information content (AvgIpc) is 2.87. The van der Waals surface area contributed by atoms with Gasteiger partial charge in [0.05, 0.1) is 14.2 Å². The summed E-state index contributed by atoms with van der Waals surface area (Å²) in [4.78, 5) is 23.5. The minimum atomic E-state index is -0.481. The van der Waals surface area contributed by atoms with Crippen LogP contribution in [-0.4, -0.2) is 26.2 Å². The van der Waals surface area contributed by atoms with E-state index in [9.17, 15) is 9.59 Å². The van der Waals surface area contributed by atoms with Gasteiger partial charge < -0.3 is 9.47 Å². The normalized spacial score (nSPS) is 41.0. The van der Waals surface area contributed by atoms with Crippen molar-refractivity contribution < 1.29 is 19.1 Å². The molecule has 0 amide bonds. The van der Waals surface area contributed by atoms with E-state index in [-0.39, 0.29) is 5.92 Å². The number of carbonyl (C=O) groups is 2. The summed E-state index contributed by atoms with van der Waals surface area (Å²) in [5, 5.41) is 0. The minimum absolute atomic E-state index is 0.163. The van der Waals surface area contributed by atoms with Crippen molar-refractivity contribution in [1.82, 2.24) is 0 Å². The molecule has 0 aromatic heterocycles. The van der Waals surface area contributed by atoms with Crippen molar-refractivity contribution in [3.05, 3.63) is 23.8 Å². The van der Waals surface area contributed by atoms with Gasteiger partial charge in [0.2, 0.25) is 0 Å². The zero-order valence-electron chi connectivity index (χ0n) is 12.1. The highest BCUT2D eigenvalue weighted by Crippen LogP contribution is 2.86.